The average Bonchev–Trinajstić information content (AvgIpc) is 3.22. The summed E-state index contributed by atoms with van der Waals surface area (Å²) in [5.41, 5.74) is 1.20. The fourth-order valence-corrected chi connectivity index (χ4v) is 4.06. The third-order valence-corrected chi connectivity index (χ3v) is 5.80. The number of aromatic nitrogens is 4. The van der Waals surface area contributed by atoms with Crippen LogP contribution in [0.4, 0.5) is 24.7 Å². The first-order valence-electron chi connectivity index (χ1n) is 11.7. The normalized spacial score (nSPS) is 12.5. The summed E-state index contributed by atoms with van der Waals surface area (Å²) in [4.78, 5) is 39.4. The number of amides is 1. The van der Waals surface area contributed by atoms with Crippen LogP contribution < -0.4 is 5.32 Å². The van der Waals surface area contributed by atoms with E-state index in [-0.39, 0.29) is 16.3 Å². The van der Waals surface area contributed by atoms with E-state index in [0.717, 1.165) is 25.1 Å². The van der Waals surface area contributed by atoms with Gasteiger partial charge in [-0.05, 0) is 37.3 Å². The molecule has 0 saturated carbocycles. The molecule has 0 saturated heterocycles. The van der Waals surface area contributed by atoms with Gasteiger partial charge in [0.25, 0.3) is 5.91 Å². The topological polar surface area (TPSA) is 115 Å². The molecular weight excluding hydrogens is 551 g/mol. The van der Waals surface area contributed by atoms with Crippen LogP contribution in [-0.4, -0.2) is 57.0 Å². The Bertz CT molecular complexity index is 1620. The van der Waals surface area contributed by atoms with Gasteiger partial charge in [-0.2, -0.15) is 18.3 Å². The maximum Gasteiger partial charge on any atom is 0.416 e. The van der Waals surface area contributed by atoms with E-state index < -0.39 is 29.7 Å². The lowest BCUT2D eigenvalue weighted by atomic mass is 10.0. The Morgan fingerprint density at radius 3 is 2.58 bits per heavy atom. The zero-order chi connectivity index (χ0) is 29.2. The predicted molar refractivity (Wildman–Crippen MR) is 143 cm³/mol. The van der Waals surface area contributed by atoms with E-state index in [1.807, 2.05) is 14.1 Å². The first kappa shape index (κ1) is 28.5. The van der Waals surface area contributed by atoms with Gasteiger partial charge in [0.15, 0.2) is 5.82 Å². The number of aliphatic imine (C=N–C) groups is 1. The number of carbonyl (C=O) groups is 2. The Kier molecular flexibility index (Phi) is 8.05. The molecule has 4 aromatic rings. The average molecular weight is 574 g/mol. The minimum Gasteiger partial charge on any atom is -0.447 e. The molecule has 0 spiro atoms. The highest BCUT2D eigenvalue weighted by Crippen LogP contribution is 2.33. The maximum atomic E-state index is 13.2. The molecule has 14 heteroatoms. The fourth-order valence-electron chi connectivity index (χ4n) is 3.80. The molecule has 1 atom stereocenters. The minimum absolute atomic E-state index is 0.144. The Morgan fingerprint density at radius 1 is 1.18 bits per heavy atom. The van der Waals surface area contributed by atoms with Crippen LogP contribution in [0.25, 0.3) is 16.7 Å². The number of esters is 1. The molecule has 0 radical (unpaired) electrons. The van der Waals surface area contributed by atoms with Gasteiger partial charge >= 0.3 is 12.1 Å². The van der Waals surface area contributed by atoms with Crippen molar-refractivity contribution >= 4 is 52.4 Å². The molecule has 2 heterocycles. The number of fused-ring (bicyclic) bond motifs is 1. The SMILES string of the molecule is CC(=O)OC(C(=O)Nc1ccc(-n2nc(C)c3ncnc(N=CN(C)C)c32)c(Cl)c1)c1cccc(C(F)(F)F)c1. The van der Waals surface area contributed by atoms with Gasteiger partial charge in [-0.15, -0.1) is 0 Å². The van der Waals surface area contributed by atoms with Gasteiger partial charge < -0.3 is 15.0 Å². The quantitative estimate of drug-likeness (QED) is 0.182. The molecule has 1 N–H and O–H groups in total. The molecule has 2 aromatic heterocycles. The number of halogens is 4. The zero-order valence-corrected chi connectivity index (χ0v) is 22.4. The number of benzene rings is 2. The Morgan fingerprint density at radius 2 is 1.93 bits per heavy atom. The van der Waals surface area contributed by atoms with E-state index in [1.165, 1.54) is 29.2 Å². The van der Waals surface area contributed by atoms with Crippen molar-refractivity contribution in [2.75, 3.05) is 19.4 Å². The summed E-state index contributed by atoms with van der Waals surface area (Å²) in [5.74, 6) is -1.35. The molecule has 208 valence electrons. The number of rotatable bonds is 7. The third-order valence-electron chi connectivity index (χ3n) is 5.50. The summed E-state index contributed by atoms with van der Waals surface area (Å²) in [6.07, 6.45) is -3.31. The zero-order valence-electron chi connectivity index (χ0n) is 21.7. The van der Waals surface area contributed by atoms with Crippen LogP contribution in [0.15, 0.2) is 53.8 Å². The van der Waals surface area contributed by atoms with Crippen molar-refractivity contribution in [1.29, 1.82) is 0 Å². The number of hydrogen-bond acceptors (Lipinski definition) is 7. The van der Waals surface area contributed by atoms with Crippen molar-refractivity contribution in [3.05, 3.63) is 70.6 Å². The van der Waals surface area contributed by atoms with Gasteiger partial charge in [0.05, 0.1) is 28.3 Å². The molecule has 0 bridgehead atoms. The molecule has 2 aromatic carbocycles. The van der Waals surface area contributed by atoms with Crippen LogP contribution >= 0.6 is 11.6 Å². The van der Waals surface area contributed by atoms with E-state index >= 15 is 0 Å². The second-order valence-corrected chi connectivity index (χ2v) is 9.28. The lowest BCUT2D eigenvalue weighted by Crippen LogP contribution is -2.25. The number of aryl methyl sites for hydroxylation is 1. The first-order valence-corrected chi connectivity index (χ1v) is 12.1. The second-order valence-electron chi connectivity index (χ2n) is 8.87. The van der Waals surface area contributed by atoms with E-state index in [4.69, 9.17) is 16.3 Å². The summed E-state index contributed by atoms with van der Waals surface area (Å²) < 4.78 is 46.3. The minimum atomic E-state index is -4.64. The largest absolute Gasteiger partial charge is 0.447 e. The van der Waals surface area contributed by atoms with E-state index in [9.17, 15) is 22.8 Å². The first-order chi connectivity index (χ1) is 18.8. The van der Waals surface area contributed by atoms with Crippen LogP contribution in [0.2, 0.25) is 5.02 Å². The highest BCUT2D eigenvalue weighted by molar-refractivity contribution is 6.32. The van der Waals surface area contributed by atoms with Crippen molar-refractivity contribution in [3.63, 3.8) is 0 Å². The van der Waals surface area contributed by atoms with Crippen molar-refractivity contribution in [3.8, 4) is 5.69 Å². The summed E-state index contributed by atoms with van der Waals surface area (Å²) in [7, 11) is 3.63. The number of nitrogens with one attached hydrogen (secondary N) is 1. The van der Waals surface area contributed by atoms with E-state index in [2.05, 4.69) is 25.4 Å². The Labute approximate surface area is 231 Å². The summed E-state index contributed by atoms with van der Waals surface area (Å²) in [6.45, 7) is 2.83. The number of carbonyl (C=O) groups excluding carboxylic acids is 2. The lowest BCUT2D eigenvalue weighted by molar-refractivity contribution is -0.152. The van der Waals surface area contributed by atoms with Gasteiger partial charge in [0, 0.05) is 32.3 Å². The molecule has 0 aliphatic rings. The predicted octanol–water partition coefficient (Wildman–Crippen LogP) is 5.26. The Balaban J connectivity index is 1.67. The number of anilines is 1. The van der Waals surface area contributed by atoms with Crippen LogP contribution in [0.1, 0.15) is 29.8 Å². The number of ether oxygens (including phenoxy) is 1. The monoisotopic (exact) mass is 573 g/mol. The van der Waals surface area contributed by atoms with Gasteiger partial charge in [-0.1, -0.05) is 23.7 Å². The van der Waals surface area contributed by atoms with Crippen molar-refractivity contribution < 1.29 is 27.5 Å². The number of alkyl halides is 3. The Hall–Kier alpha value is -4.52. The summed E-state index contributed by atoms with van der Waals surface area (Å²) >= 11 is 6.58. The van der Waals surface area contributed by atoms with Crippen LogP contribution in [-0.2, 0) is 20.5 Å². The molecule has 0 aliphatic carbocycles. The van der Waals surface area contributed by atoms with E-state index in [0.29, 0.717) is 28.2 Å². The van der Waals surface area contributed by atoms with E-state index in [1.54, 1.807) is 24.2 Å². The van der Waals surface area contributed by atoms with Crippen LogP contribution in [0.5, 0.6) is 0 Å². The standard InChI is InChI=1S/C26H23ClF3N7O3/c1-14-21-22(24(32-12-31-21)33-13-36(3)4)37(35-14)20-9-8-18(11-19(20)27)34-25(39)23(40-15(2)38)16-6-5-7-17(10-16)26(28,29)30/h5-13,23H,1-4H3,(H,34,39). The summed E-state index contributed by atoms with van der Waals surface area (Å²) in [6, 6.07) is 8.54. The van der Waals surface area contributed by atoms with Gasteiger partial charge in [0.1, 0.15) is 17.4 Å². The maximum absolute atomic E-state index is 13.2. The van der Waals surface area contributed by atoms with Crippen LogP contribution in [0, 0.1) is 6.92 Å². The molecule has 0 fully saturated rings. The van der Waals surface area contributed by atoms with Crippen molar-refractivity contribution in [2.45, 2.75) is 26.1 Å². The second kappa shape index (κ2) is 11.3. The molecule has 10 nitrogen and oxygen atoms in total. The van der Waals surface area contributed by atoms with Gasteiger partial charge in [0.2, 0.25) is 6.10 Å². The molecule has 0 aliphatic heterocycles. The lowest BCUT2D eigenvalue weighted by Gasteiger charge is -2.19. The molecule has 1 amide bonds. The molecule has 40 heavy (non-hydrogen) atoms. The smallest absolute Gasteiger partial charge is 0.416 e. The molecular formula is C26H23ClF3N7O3. The molecule has 4 rings (SSSR count). The highest BCUT2D eigenvalue weighted by Gasteiger charge is 2.33. The van der Waals surface area contributed by atoms with Crippen molar-refractivity contribution in [2.24, 2.45) is 4.99 Å². The highest BCUT2D eigenvalue weighted by atomic mass is 35.5. The fraction of sp³-hybridized carbons (Fsp3) is 0.231. The number of hydrogen-bond donors (Lipinski definition) is 1. The van der Waals surface area contributed by atoms with Crippen LogP contribution in [0.3, 0.4) is 0 Å². The third kappa shape index (κ3) is 6.20. The van der Waals surface area contributed by atoms with Crippen molar-refractivity contribution in [1.82, 2.24) is 24.6 Å². The summed E-state index contributed by atoms with van der Waals surface area (Å²) in [5, 5.41) is 7.26. The number of nitrogens with zero attached hydrogens (tertiary/aromatic N) is 6. The van der Waals surface area contributed by atoms with Gasteiger partial charge in [-0.25, -0.2) is 19.6 Å². The molecule has 1 unspecified atom stereocenters. The van der Waals surface area contributed by atoms with Gasteiger partial charge in [-0.3, -0.25) is 9.59 Å².